The minimum atomic E-state index is -0.337. The van der Waals surface area contributed by atoms with Crippen molar-refractivity contribution in [3.05, 3.63) is 35.4 Å². The highest BCUT2D eigenvalue weighted by molar-refractivity contribution is 5.21. The van der Waals surface area contributed by atoms with E-state index in [4.69, 9.17) is 5.26 Å². The second-order valence-corrected chi connectivity index (χ2v) is 5.92. The Labute approximate surface area is 116 Å². The van der Waals surface area contributed by atoms with Crippen LogP contribution in [0.4, 0.5) is 0 Å². The Morgan fingerprint density at radius 3 is 2.21 bits per heavy atom. The number of nitrogens with zero attached hydrogens (tertiary/aromatic N) is 3. The van der Waals surface area contributed by atoms with E-state index in [9.17, 15) is 0 Å². The zero-order valence-corrected chi connectivity index (χ0v) is 12.2. The molecule has 3 heteroatoms. The Bertz CT molecular complexity index is 448. The summed E-state index contributed by atoms with van der Waals surface area (Å²) < 4.78 is 0. The highest BCUT2D eigenvalue weighted by atomic mass is 15.3. The van der Waals surface area contributed by atoms with Gasteiger partial charge in [0.25, 0.3) is 0 Å². The zero-order valence-electron chi connectivity index (χ0n) is 12.2. The maximum atomic E-state index is 9.17. The number of hydrogen-bond donors (Lipinski definition) is 0. The standard InChI is InChI=1S/C16H23N3/c1-14-4-6-15(7-5-14)12-18-8-10-19(11-9-18)16(2,3)13-17/h4-7H,8-12H2,1-3H3. The van der Waals surface area contributed by atoms with Gasteiger partial charge in [-0.2, -0.15) is 5.26 Å². The smallest absolute Gasteiger partial charge is 0.103 e. The van der Waals surface area contributed by atoms with Gasteiger partial charge in [0.1, 0.15) is 5.54 Å². The molecule has 0 N–H and O–H groups in total. The third-order valence-electron chi connectivity index (χ3n) is 3.96. The Morgan fingerprint density at radius 2 is 1.68 bits per heavy atom. The van der Waals surface area contributed by atoms with Gasteiger partial charge in [-0.3, -0.25) is 9.80 Å². The van der Waals surface area contributed by atoms with E-state index in [1.165, 1.54) is 11.1 Å². The molecule has 1 aromatic rings. The fourth-order valence-electron chi connectivity index (χ4n) is 2.49. The number of piperazine rings is 1. The number of hydrogen-bond acceptors (Lipinski definition) is 3. The molecule has 0 amide bonds. The third kappa shape index (κ3) is 3.56. The van der Waals surface area contributed by atoms with E-state index in [2.05, 4.69) is 47.1 Å². The summed E-state index contributed by atoms with van der Waals surface area (Å²) in [7, 11) is 0. The number of benzene rings is 1. The molecule has 1 aromatic carbocycles. The Hall–Kier alpha value is -1.37. The van der Waals surface area contributed by atoms with Crippen molar-refractivity contribution in [2.75, 3.05) is 26.2 Å². The van der Waals surface area contributed by atoms with Crippen LogP contribution in [0.5, 0.6) is 0 Å². The molecule has 102 valence electrons. The molecule has 1 saturated heterocycles. The van der Waals surface area contributed by atoms with Crippen LogP contribution >= 0.6 is 0 Å². The van der Waals surface area contributed by atoms with Gasteiger partial charge in [0.2, 0.25) is 0 Å². The fraction of sp³-hybridized carbons (Fsp3) is 0.562. The SMILES string of the molecule is Cc1ccc(CN2CCN(C(C)(C)C#N)CC2)cc1. The topological polar surface area (TPSA) is 30.3 Å². The molecule has 0 atom stereocenters. The maximum absolute atomic E-state index is 9.17. The Kier molecular flexibility index (Phi) is 4.24. The van der Waals surface area contributed by atoms with Gasteiger partial charge in [-0.25, -0.2) is 0 Å². The first-order chi connectivity index (χ1) is 9.01. The highest BCUT2D eigenvalue weighted by Gasteiger charge is 2.29. The van der Waals surface area contributed by atoms with Gasteiger partial charge in [0, 0.05) is 32.7 Å². The summed E-state index contributed by atoms with van der Waals surface area (Å²) in [4.78, 5) is 4.74. The molecule has 19 heavy (non-hydrogen) atoms. The average molecular weight is 257 g/mol. The van der Waals surface area contributed by atoms with Crippen molar-refractivity contribution in [3.63, 3.8) is 0 Å². The molecule has 0 aliphatic carbocycles. The van der Waals surface area contributed by atoms with Gasteiger partial charge >= 0.3 is 0 Å². The number of aryl methyl sites for hydroxylation is 1. The minimum Gasteiger partial charge on any atom is -0.297 e. The highest BCUT2D eigenvalue weighted by Crippen LogP contribution is 2.17. The first kappa shape index (κ1) is 14.0. The van der Waals surface area contributed by atoms with Gasteiger partial charge in [-0.15, -0.1) is 0 Å². The van der Waals surface area contributed by atoms with Gasteiger partial charge in [0.05, 0.1) is 6.07 Å². The minimum absolute atomic E-state index is 0.337. The van der Waals surface area contributed by atoms with Crippen LogP contribution in [0.3, 0.4) is 0 Å². The summed E-state index contributed by atoms with van der Waals surface area (Å²) in [6, 6.07) is 11.1. The van der Waals surface area contributed by atoms with E-state index in [0.717, 1.165) is 32.7 Å². The van der Waals surface area contributed by atoms with Gasteiger partial charge in [-0.05, 0) is 26.3 Å². The lowest BCUT2D eigenvalue weighted by Crippen LogP contribution is -2.53. The zero-order chi connectivity index (χ0) is 13.9. The van der Waals surface area contributed by atoms with E-state index >= 15 is 0 Å². The lowest BCUT2D eigenvalue weighted by Gasteiger charge is -2.40. The summed E-state index contributed by atoms with van der Waals surface area (Å²) in [6.45, 7) is 11.2. The lowest BCUT2D eigenvalue weighted by atomic mass is 10.0. The van der Waals surface area contributed by atoms with Crippen LogP contribution in [0.15, 0.2) is 24.3 Å². The van der Waals surface area contributed by atoms with E-state index in [-0.39, 0.29) is 5.54 Å². The second kappa shape index (κ2) is 5.73. The van der Waals surface area contributed by atoms with Crippen LogP contribution in [-0.4, -0.2) is 41.5 Å². The van der Waals surface area contributed by atoms with Crippen LogP contribution in [0.1, 0.15) is 25.0 Å². The van der Waals surface area contributed by atoms with Crippen molar-refractivity contribution in [3.8, 4) is 6.07 Å². The fourth-order valence-corrected chi connectivity index (χ4v) is 2.49. The molecular formula is C16H23N3. The summed E-state index contributed by atoms with van der Waals surface area (Å²) in [5.41, 5.74) is 2.35. The predicted molar refractivity (Wildman–Crippen MR) is 77.7 cm³/mol. The largest absolute Gasteiger partial charge is 0.297 e. The Morgan fingerprint density at radius 1 is 1.11 bits per heavy atom. The third-order valence-corrected chi connectivity index (χ3v) is 3.96. The quantitative estimate of drug-likeness (QED) is 0.833. The van der Waals surface area contributed by atoms with Crippen molar-refractivity contribution in [2.45, 2.75) is 32.9 Å². The molecule has 3 nitrogen and oxygen atoms in total. The Balaban J connectivity index is 1.87. The monoisotopic (exact) mass is 257 g/mol. The van der Waals surface area contributed by atoms with Crippen molar-refractivity contribution in [2.24, 2.45) is 0 Å². The molecule has 0 bridgehead atoms. The van der Waals surface area contributed by atoms with E-state index in [1.54, 1.807) is 0 Å². The van der Waals surface area contributed by atoms with Crippen molar-refractivity contribution >= 4 is 0 Å². The molecular weight excluding hydrogens is 234 g/mol. The van der Waals surface area contributed by atoms with Crippen LogP contribution in [0.25, 0.3) is 0 Å². The van der Waals surface area contributed by atoms with Crippen LogP contribution in [0.2, 0.25) is 0 Å². The van der Waals surface area contributed by atoms with Gasteiger partial charge in [-0.1, -0.05) is 29.8 Å². The maximum Gasteiger partial charge on any atom is 0.103 e. The van der Waals surface area contributed by atoms with Crippen molar-refractivity contribution < 1.29 is 0 Å². The van der Waals surface area contributed by atoms with E-state index in [1.807, 2.05) is 13.8 Å². The molecule has 1 fully saturated rings. The summed E-state index contributed by atoms with van der Waals surface area (Å²) in [5, 5.41) is 9.17. The second-order valence-electron chi connectivity index (χ2n) is 5.92. The van der Waals surface area contributed by atoms with E-state index in [0.29, 0.717) is 0 Å². The summed E-state index contributed by atoms with van der Waals surface area (Å²) in [5.74, 6) is 0. The van der Waals surface area contributed by atoms with E-state index < -0.39 is 0 Å². The molecule has 0 spiro atoms. The molecule has 0 radical (unpaired) electrons. The van der Waals surface area contributed by atoms with Crippen LogP contribution in [-0.2, 0) is 6.54 Å². The number of rotatable bonds is 3. The average Bonchev–Trinajstić information content (AvgIpc) is 2.42. The molecule has 1 heterocycles. The molecule has 0 aromatic heterocycles. The molecule has 2 rings (SSSR count). The summed E-state index contributed by atoms with van der Waals surface area (Å²) in [6.07, 6.45) is 0. The normalized spacial score (nSPS) is 18.2. The van der Waals surface area contributed by atoms with Crippen molar-refractivity contribution in [1.29, 1.82) is 5.26 Å². The van der Waals surface area contributed by atoms with Crippen molar-refractivity contribution in [1.82, 2.24) is 9.80 Å². The summed E-state index contributed by atoms with van der Waals surface area (Å²) >= 11 is 0. The molecule has 0 saturated carbocycles. The molecule has 0 unspecified atom stereocenters. The van der Waals surface area contributed by atoms with Gasteiger partial charge in [0.15, 0.2) is 0 Å². The van der Waals surface area contributed by atoms with Gasteiger partial charge < -0.3 is 0 Å². The molecule has 1 aliphatic rings. The first-order valence-electron chi connectivity index (χ1n) is 6.95. The molecule has 1 aliphatic heterocycles. The van der Waals surface area contributed by atoms with Crippen LogP contribution in [0, 0.1) is 18.3 Å². The predicted octanol–water partition coefficient (Wildman–Crippen LogP) is 2.41. The van der Waals surface area contributed by atoms with Crippen LogP contribution < -0.4 is 0 Å². The number of nitriles is 1. The first-order valence-corrected chi connectivity index (χ1v) is 6.95. The lowest BCUT2D eigenvalue weighted by molar-refractivity contribution is 0.0764.